The number of hydrogen-bond donors (Lipinski definition) is 0. The van der Waals surface area contributed by atoms with Crippen LogP contribution in [0.4, 0.5) is 0 Å². The molecule has 7 rings (SSSR count). The molecule has 6 aromatic rings. The number of nitrogens with zero attached hydrogens (tertiary/aromatic N) is 3. The smallest absolute Gasteiger partial charge is 0.0575 e. The molecule has 0 atom stereocenters. The largest absolute Gasteiger partial charge is 0.305 e. The molecule has 2 aromatic heterocycles. The van der Waals surface area contributed by atoms with Crippen LogP contribution in [0.2, 0.25) is 0 Å². The molecule has 1 aliphatic rings. The Bertz CT molecular complexity index is 1910. The van der Waals surface area contributed by atoms with Crippen molar-refractivity contribution in [3.05, 3.63) is 149 Å². The molecular weight excluding hydrogens is 739 g/mol. The summed E-state index contributed by atoms with van der Waals surface area (Å²) in [6.45, 7) is 18.1. The van der Waals surface area contributed by atoms with Gasteiger partial charge in [-0.2, -0.15) is 23.3 Å². The average molecular weight is 780 g/mol. The molecule has 0 N–H and O–H groups in total. The van der Waals surface area contributed by atoms with Crippen LogP contribution in [-0.4, -0.2) is 14.8 Å². The molecule has 1 radical (unpaired) electrons. The summed E-state index contributed by atoms with van der Waals surface area (Å²) in [6, 6.07) is 38.5. The number of fused-ring (bicyclic) bond motifs is 3. The van der Waals surface area contributed by atoms with Crippen molar-refractivity contribution in [2.45, 2.75) is 66.2 Å². The third-order valence-corrected chi connectivity index (χ3v) is 9.47. The van der Waals surface area contributed by atoms with Crippen LogP contribution < -0.4 is 0 Å². The minimum Gasteiger partial charge on any atom is -0.305 e. The summed E-state index contributed by atoms with van der Waals surface area (Å²) in [4.78, 5) is 4.22. The Morgan fingerprint density at radius 2 is 1.28 bits per heavy atom. The van der Waals surface area contributed by atoms with Gasteiger partial charge in [-0.3, -0.25) is 4.68 Å². The predicted molar refractivity (Wildman–Crippen MR) is 187 cm³/mol. The van der Waals surface area contributed by atoms with E-state index in [1.165, 1.54) is 55.8 Å². The molecule has 4 aromatic carbocycles. The number of aromatic nitrogens is 3. The molecule has 0 saturated carbocycles. The van der Waals surface area contributed by atoms with E-state index < -0.39 is 0 Å². The van der Waals surface area contributed by atoms with E-state index in [0.717, 1.165) is 16.9 Å². The maximum Gasteiger partial charge on any atom is 0.0575 e. The minimum absolute atomic E-state index is 0. The Hall–Kier alpha value is -4.11. The fraction of sp³-hybridized carbons (Fsp3) is 0.238. The van der Waals surface area contributed by atoms with Crippen molar-refractivity contribution in [1.82, 2.24) is 14.8 Å². The Kier molecular flexibility index (Phi) is 9.36. The molecule has 46 heavy (non-hydrogen) atoms. The van der Waals surface area contributed by atoms with Crippen molar-refractivity contribution in [1.29, 1.82) is 0 Å². The zero-order chi connectivity index (χ0) is 31.9. The van der Waals surface area contributed by atoms with E-state index in [1.54, 1.807) is 6.20 Å². The second-order valence-electron chi connectivity index (χ2n) is 13.5. The van der Waals surface area contributed by atoms with E-state index >= 15 is 0 Å². The third kappa shape index (κ3) is 6.17. The zero-order valence-corrected chi connectivity index (χ0v) is 30.4. The molecular formula is C42H41IrN3-2. The predicted octanol–water partition coefficient (Wildman–Crippen LogP) is 10.4. The fourth-order valence-corrected chi connectivity index (χ4v) is 6.62. The van der Waals surface area contributed by atoms with Crippen LogP contribution in [0.1, 0.15) is 61.2 Å². The van der Waals surface area contributed by atoms with Crippen LogP contribution in [0.15, 0.2) is 103 Å². The summed E-state index contributed by atoms with van der Waals surface area (Å²) < 4.78 is 2.14. The van der Waals surface area contributed by atoms with Gasteiger partial charge in [-0.1, -0.05) is 104 Å². The van der Waals surface area contributed by atoms with E-state index in [2.05, 4.69) is 126 Å². The first-order chi connectivity index (χ1) is 21.5. The molecule has 0 bridgehead atoms. The topological polar surface area (TPSA) is 30.7 Å². The van der Waals surface area contributed by atoms with E-state index in [1.807, 2.05) is 48.7 Å². The van der Waals surface area contributed by atoms with Crippen LogP contribution in [0, 0.1) is 39.8 Å². The summed E-state index contributed by atoms with van der Waals surface area (Å²) >= 11 is 0. The zero-order valence-electron chi connectivity index (χ0n) is 28.0. The Morgan fingerprint density at radius 3 is 1.87 bits per heavy atom. The Labute approximate surface area is 288 Å². The van der Waals surface area contributed by atoms with Crippen LogP contribution in [0.3, 0.4) is 0 Å². The van der Waals surface area contributed by atoms with Crippen molar-refractivity contribution in [3.63, 3.8) is 0 Å². The Balaban J connectivity index is 0.000000269. The van der Waals surface area contributed by atoms with Crippen molar-refractivity contribution in [3.8, 4) is 39.2 Å². The standard InChI is InChI=1S/C31H33N2.C11H8N.Ir/c1-19-11-20(2)14-24(13-19)23-9-10-28-27(17-23)30(5,6)31(7,8)29-26(18-32-33(28)29)25-15-21(3)12-22(4)16-25;1-2-6-10(7-3-1)11-8-4-5-9-12-11;/h9,11-18H,1-8H3;1-6,8-9H;/q2*-1;. The molecule has 0 aliphatic carbocycles. The summed E-state index contributed by atoms with van der Waals surface area (Å²) in [7, 11) is 0. The van der Waals surface area contributed by atoms with Gasteiger partial charge in [0.2, 0.25) is 0 Å². The van der Waals surface area contributed by atoms with Gasteiger partial charge in [-0.15, -0.1) is 47.0 Å². The third-order valence-electron chi connectivity index (χ3n) is 9.47. The molecule has 235 valence electrons. The molecule has 0 saturated heterocycles. The molecule has 1 aliphatic heterocycles. The second kappa shape index (κ2) is 12.9. The monoisotopic (exact) mass is 780 g/mol. The van der Waals surface area contributed by atoms with Crippen molar-refractivity contribution in [2.24, 2.45) is 0 Å². The van der Waals surface area contributed by atoms with E-state index in [0.29, 0.717) is 0 Å². The molecule has 0 amide bonds. The van der Waals surface area contributed by atoms with Crippen molar-refractivity contribution >= 4 is 0 Å². The van der Waals surface area contributed by atoms with Gasteiger partial charge in [0.25, 0.3) is 0 Å². The van der Waals surface area contributed by atoms with E-state index in [4.69, 9.17) is 5.10 Å². The van der Waals surface area contributed by atoms with Gasteiger partial charge in [-0.05, 0) is 56.1 Å². The number of pyridine rings is 1. The number of benzene rings is 4. The average Bonchev–Trinajstić information content (AvgIpc) is 3.47. The van der Waals surface area contributed by atoms with Gasteiger partial charge < -0.3 is 4.98 Å². The summed E-state index contributed by atoms with van der Waals surface area (Å²) in [6.07, 6.45) is 3.83. The number of aryl methyl sites for hydroxylation is 4. The number of rotatable bonds is 3. The molecule has 4 heteroatoms. The van der Waals surface area contributed by atoms with Crippen LogP contribution in [0.25, 0.3) is 39.2 Å². The number of hydrogen-bond acceptors (Lipinski definition) is 2. The molecule has 0 unspecified atom stereocenters. The second-order valence-corrected chi connectivity index (χ2v) is 13.5. The maximum atomic E-state index is 4.91. The van der Waals surface area contributed by atoms with Gasteiger partial charge in [0, 0.05) is 37.3 Å². The van der Waals surface area contributed by atoms with Crippen LogP contribution in [0.5, 0.6) is 0 Å². The molecule has 0 fully saturated rings. The van der Waals surface area contributed by atoms with Gasteiger partial charge in [0.15, 0.2) is 0 Å². The summed E-state index contributed by atoms with van der Waals surface area (Å²) in [5.74, 6) is 0. The SMILES string of the molecule is Cc1cc(C)cc(-c2c[c-]c3c(c2)C(C)(C)C(C)(C)c2c(-c4cc(C)cc(C)c4)cnn2-3)c1.[Ir].[c-]1ccccc1-c1ccccn1. The van der Waals surface area contributed by atoms with Gasteiger partial charge in [0.1, 0.15) is 0 Å². The molecule has 3 heterocycles. The van der Waals surface area contributed by atoms with E-state index in [-0.39, 0.29) is 30.9 Å². The first-order valence-electron chi connectivity index (χ1n) is 15.7. The van der Waals surface area contributed by atoms with Crippen LogP contribution >= 0.6 is 0 Å². The van der Waals surface area contributed by atoms with Gasteiger partial charge >= 0.3 is 0 Å². The normalized spacial score (nSPS) is 13.8. The van der Waals surface area contributed by atoms with Gasteiger partial charge in [0.05, 0.1) is 11.9 Å². The summed E-state index contributed by atoms with van der Waals surface area (Å²) in [5.41, 5.74) is 15.5. The van der Waals surface area contributed by atoms with Crippen molar-refractivity contribution < 1.29 is 20.1 Å². The van der Waals surface area contributed by atoms with Crippen LogP contribution in [-0.2, 0) is 30.9 Å². The Morgan fingerprint density at radius 1 is 0.652 bits per heavy atom. The molecule has 0 spiro atoms. The fourth-order valence-electron chi connectivity index (χ4n) is 6.62. The van der Waals surface area contributed by atoms with E-state index in [9.17, 15) is 0 Å². The minimum atomic E-state index is -0.127. The van der Waals surface area contributed by atoms with Gasteiger partial charge in [-0.25, -0.2) is 0 Å². The molecule has 3 nitrogen and oxygen atoms in total. The first kappa shape index (κ1) is 33.3. The quantitative estimate of drug-likeness (QED) is 0.168. The summed E-state index contributed by atoms with van der Waals surface area (Å²) in [5, 5.41) is 4.91. The maximum absolute atomic E-state index is 4.91. The first-order valence-corrected chi connectivity index (χ1v) is 15.7. The van der Waals surface area contributed by atoms with Crippen molar-refractivity contribution in [2.75, 3.05) is 0 Å².